The summed E-state index contributed by atoms with van der Waals surface area (Å²) in [5.74, 6) is 2.90. The highest BCUT2D eigenvalue weighted by Gasteiger charge is 2.24. The summed E-state index contributed by atoms with van der Waals surface area (Å²) in [5, 5.41) is 3.98. The molecule has 3 rings (SSSR count). The van der Waals surface area contributed by atoms with Gasteiger partial charge in [0, 0.05) is 25.9 Å². The maximum Gasteiger partial charge on any atom is 0.264 e. The standard InChI is InChI=1S/C20H27N3O4/c1-23(20(24)15-6-4-3-5-7-15)13-12-18-21-19(27-22-18)14-26-17-10-8-16(25-2)9-11-17/h8-11,15H,3-7,12-14H2,1-2H3. The van der Waals surface area contributed by atoms with E-state index in [1.54, 1.807) is 12.0 Å². The van der Waals surface area contributed by atoms with E-state index in [4.69, 9.17) is 14.0 Å². The lowest BCUT2D eigenvalue weighted by atomic mass is 9.88. The molecule has 1 aliphatic carbocycles. The van der Waals surface area contributed by atoms with Gasteiger partial charge in [0.15, 0.2) is 12.4 Å². The summed E-state index contributed by atoms with van der Waals surface area (Å²) >= 11 is 0. The summed E-state index contributed by atoms with van der Waals surface area (Å²) in [5.41, 5.74) is 0. The number of hydrogen-bond acceptors (Lipinski definition) is 6. The fourth-order valence-electron chi connectivity index (χ4n) is 3.31. The minimum absolute atomic E-state index is 0.183. The molecule has 1 aliphatic rings. The molecule has 0 N–H and O–H groups in total. The van der Waals surface area contributed by atoms with Crippen molar-refractivity contribution in [1.29, 1.82) is 0 Å². The monoisotopic (exact) mass is 373 g/mol. The molecule has 1 heterocycles. The topological polar surface area (TPSA) is 77.7 Å². The summed E-state index contributed by atoms with van der Waals surface area (Å²) in [4.78, 5) is 18.6. The van der Waals surface area contributed by atoms with Gasteiger partial charge in [-0.05, 0) is 37.1 Å². The number of amides is 1. The summed E-state index contributed by atoms with van der Waals surface area (Å²) in [7, 11) is 3.47. The van der Waals surface area contributed by atoms with Crippen molar-refractivity contribution in [3.63, 3.8) is 0 Å². The zero-order valence-electron chi connectivity index (χ0n) is 16.0. The summed E-state index contributed by atoms with van der Waals surface area (Å²) in [6.45, 7) is 0.795. The van der Waals surface area contributed by atoms with Crippen LogP contribution >= 0.6 is 0 Å². The molecule has 146 valence electrons. The first-order valence-electron chi connectivity index (χ1n) is 9.49. The third-order valence-corrected chi connectivity index (χ3v) is 4.93. The van der Waals surface area contributed by atoms with Crippen LogP contribution in [0.5, 0.6) is 11.5 Å². The van der Waals surface area contributed by atoms with Crippen molar-refractivity contribution in [3.8, 4) is 11.5 Å². The third kappa shape index (κ3) is 5.45. The number of benzene rings is 1. The first-order chi connectivity index (χ1) is 13.2. The SMILES string of the molecule is COc1ccc(OCc2nc(CCN(C)C(=O)C3CCCCC3)no2)cc1. The lowest BCUT2D eigenvalue weighted by Gasteiger charge is -2.26. The Morgan fingerprint density at radius 3 is 2.59 bits per heavy atom. The highest BCUT2D eigenvalue weighted by atomic mass is 16.5. The van der Waals surface area contributed by atoms with Crippen molar-refractivity contribution in [2.75, 3.05) is 20.7 Å². The predicted octanol–water partition coefficient (Wildman–Crippen LogP) is 3.24. The second kappa shape index (κ2) is 9.39. The van der Waals surface area contributed by atoms with E-state index in [0.717, 1.165) is 31.4 Å². The average Bonchev–Trinajstić information content (AvgIpc) is 3.19. The molecule has 2 aromatic rings. The molecule has 1 amide bonds. The van der Waals surface area contributed by atoms with Gasteiger partial charge in [-0.15, -0.1) is 0 Å². The lowest BCUT2D eigenvalue weighted by Crippen LogP contribution is -2.35. The Kier molecular flexibility index (Phi) is 6.68. The molecule has 0 atom stereocenters. The van der Waals surface area contributed by atoms with Gasteiger partial charge in [0.05, 0.1) is 7.11 Å². The largest absolute Gasteiger partial charge is 0.497 e. The number of carbonyl (C=O) groups excluding carboxylic acids is 1. The minimum Gasteiger partial charge on any atom is -0.497 e. The lowest BCUT2D eigenvalue weighted by molar-refractivity contribution is -0.135. The normalized spacial score (nSPS) is 14.7. The molecule has 7 heteroatoms. The van der Waals surface area contributed by atoms with Crippen LogP contribution in [0.15, 0.2) is 28.8 Å². The summed E-state index contributed by atoms with van der Waals surface area (Å²) in [6.07, 6.45) is 6.16. The van der Waals surface area contributed by atoms with Gasteiger partial charge in [-0.25, -0.2) is 0 Å². The van der Waals surface area contributed by atoms with Crippen molar-refractivity contribution < 1.29 is 18.8 Å². The van der Waals surface area contributed by atoms with Gasteiger partial charge in [0.2, 0.25) is 5.91 Å². The second-order valence-corrected chi connectivity index (χ2v) is 6.91. The molecular formula is C20H27N3O4. The first kappa shape index (κ1) is 19.2. The Balaban J connectivity index is 1.43. The summed E-state index contributed by atoms with van der Waals surface area (Å²) < 4.78 is 16.0. The Bertz CT molecular complexity index is 723. The highest BCUT2D eigenvalue weighted by Crippen LogP contribution is 2.25. The van der Waals surface area contributed by atoms with Crippen LogP contribution in [0.1, 0.15) is 43.8 Å². The molecule has 1 aromatic carbocycles. The fourth-order valence-corrected chi connectivity index (χ4v) is 3.31. The van der Waals surface area contributed by atoms with E-state index in [1.807, 2.05) is 31.3 Å². The fraction of sp³-hybridized carbons (Fsp3) is 0.550. The van der Waals surface area contributed by atoms with Crippen LogP contribution in [0.2, 0.25) is 0 Å². The zero-order valence-corrected chi connectivity index (χ0v) is 16.0. The first-order valence-corrected chi connectivity index (χ1v) is 9.49. The minimum atomic E-state index is 0.183. The van der Waals surface area contributed by atoms with E-state index < -0.39 is 0 Å². The highest BCUT2D eigenvalue weighted by molar-refractivity contribution is 5.78. The third-order valence-electron chi connectivity index (χ3n) is 4.93. The number of carbonyl (C=O) groups is 1. The molecule has 1 aromatic heterocycles. The maximum atomic E-state index is 12.5. The predicted molar refractivity (Wildman–Crippen MR) is 99.5 cm³/mol. The van der Waals surface area contributed by atoms with E-state index in [1.165, 1.54) is 6.42 Å². The van der Waals surface area contributed by atoms with Crippen molar-refractivity contribution in [2.24, 2.45) is 5.92 Å². The smallest absolute Gasteiger partial charge is 0.264 e. The molecular weight excluding hydrogens is 346 g/mol. The van der Waals surface area contributed by atoms with Gasteiger partial charge in [-0.1, -0.05) is 24.4 Å². The van der Waals surface area contributed by atoms with Crippen molar-refractivity contribution in [3.05, 3.63) is 36.0 Å². The van der Waals surface area contributed by atoms with Gasteiger partial charge in [-0.3, -0.25) is 4.79 Å². The molecule has 0 bridgehead atoms. The van der Waals surface area contributed by atoms with E-state index in [9.17, 15) is 4.79 Å². The number of likely N-dealkylation sites (N-methyl/N-ethyl adjacent to an activating group) is 1. The Morgan fingerprint density at radius 1 is 1.19 bits per heavy atom. The number of hydrogen-bond donors (Lipinski definition) is 0. The number of ether oxygens (including phenoxy) is 2. The van der Waals surface area contributed by atoms with Crippen molar-refractivity contribution in [2.45, 2.75) is 45.1 Å². The van der Waals surface area contributed by atoms with Crippen LogP contribution in [0, 0.1) is 5.92 Å². The number of rotatable bonds is 8. The maximum absolute atomic E-state index is 12.5. The van der Waals surface area contributed by atoms with E-state index in [0.29, 0.717) is 30.4 Å². The number of nitrogens with zero attached hydrogens (tertiary/aromatic N) is 3. The molecule has 0 spiro atoms. The molecule has 0 saturated heterocycles. The van der Waals surface area contributed by atoms with E-state index in [-0.39, 0.29) is 18.4 Å². The molecule has 1 saturated carbocycles. The number of methoxy groups -OCH3 is 1. The number of aromatic nitrogens is 2. The average molecular weight is 373 g/mol. The molecule has 0 aliphatic heterocycles. The van der Waals surface area contributed by atoms with Gasteiger partial charge in [0.25, 0.3) is 5.89 Å². The molecule has 27 heavy (non-hydrogen) atoms. The van der Waals surface area contributed by atoms with Crippen LogP contribution in [-0.2, 0) is 17.8 Å². The van der Waals surface area contributed by atoms with Gasteiger partial charge < -0.3 is 18.9 Å². The Labute approximate surface area is 159 Å². The molecule has 0 radical (unpaired) electrons. The Morgan fingerprint density at radius 2 is 1.89 bits per heavy atom. The van der Waals surface area contributed by atoms with Gasteiger partial charge >= 0.3 is 0 Å². The molecule has 7 nitrogen and oxygen atoms in total. The van der Waals surface area contributed by atoms with E-state index >= 15 is 0 Å². The van der Waals surface area contributed by atoms with Crippen molar-refractivity contribution in [1.82, 2.24) is 15.0 Å². The van der Waals surface area contributed by atoms with Gasteiger partial charge in [0.1, 0.15) is 11.5 Å². The summed E-state index contributed by atoms with van der Waals surface area (Å²) in [6, 6.07) is 7.30. The van der Waals surface area contributed by atoms with Crippen LogP contribution in [0.25, 0.3) is 0 Å². The van der Waals surface area contributed by atoms with Crippen LogP contribution in [0.4, 0.5) is 0 Å². The van der Waals surface area contributed by atoms with Crippen LogP contribution in [0.3, 0.4) is 0 Å². The molecule has 0 unspecified atom stereocenters. The van der Waals surface area contributed by atoms with Crippen LogP contribution < -0.4 is 9.47 Å². The quantitative estimate of drug-likeness (QED) is 0.707. The van der Waals surface area contributed by atoms with E-state index in [2.05, 4.69) is 10.1 Å². The zero-order chi connectivity index (χ0) is 19.1. The Hall–Kier alpha value is -2.57. The van der Waals surface area contributed by atoms with Gasteiger partial charge in [-0.2, -0.15) is 4.98 Å². The van der Waals surface area contributed by atoms with Crippen molar-refractivity contribution >= 4 is 5.91 Å². The second-order valence-electron chi connectivity index (χ2n) is 6.91. The van der Waals surface area contributed by atoms with Crippen LogP contribution in [-0.4, -0.2) is 41.6 Å². The molecule has 1 fully saturated rings.